The molecule has 1 atom stereocenters. The van der Waals surface area contributed by atoms with E-state index in [-0.39, 0.29) is 36.0 Å². The third kappa shape index (κ3) is 6.31. The van der Waals surface area contributed by atoms with Gasteiger partial charge in [0.25, 0.3) is 5.56 Å². The van der Waals surface area contributed by atoms with Gasteiger partial charge >= 0.3 is 6.09 Å². The maximum Gasteiger partial charge on any atom is 0.410 e. The first-order valence-electron chi connectivity index (χ1n) is 12.6. The molecule has 2 aromatic heterocycles. The van der Waals surface area contributed by atoms with Crippen LogP contribution >= 0.6 is 0 Å². The SMILES string of the molecule is Cc1c[nH]c2ccc(CNC(=O)Cn3c(C)cnc(NC[C@@H]4CCCN4C(=O)OC(C)(C)C)c3=O)cc12. The lowest BCUT2D eigenvalue weighted by Gasteiger charge is -2.28. The van der Waals surface area contributed by atoms with Crippen molar-refractivity contribution in [3.05, 3.63) is 57.8 Å². The average molecular weight is 509 g/mol. The molecule has 0 aliphatic carbocycles. The van der Waals surface area contributed by atoms with E-state index in [1.54, 1.807) is 18.0 Å². The monoisotopic (exact) mass is 508 g/mol. The highest BCUT2D eigenvalue weighted by molar-refractivity contribution is 5.83. The first-order valence-corrected chi connectivity index (χ1v) is 12.6. The highest BCUT2D eigenvalue weighted by atomic mass is 16.6. The topological polar surface area (TPSA) is 121 Å². The number of amides is 2. The zero-order valence-electron chi connectivity index (χ0n) is 22.2. The van der Waals surface area contributed by atoms with Crippen molar-refractivity contribution in [3.8, 4) is 0 Å². The molecule has 0 radical (unpaired) electrons. The highest BCUT2D eigenvalue weighted by Gasteiger charge is 2.32. The van der Waals surface area contributed by atoms with Crippen molar-refractivity contribution < 1.29 is 14.3 Å². The summed E-state index contributed by atoms with van der Waals surface area (Å²) in [6.45, 7) is 10.5. The number of benzene rings is 1. The number of rotatable bonds is 7. The lowest BCUT2D eigenvalue weighted by atomic mass is 10.1. The van der Waals surface area contributed by atoms with Crippen LogP contribution in [-0.4, -0.2) is 56.2 Å². The van der Waals surface area contributed by atoms with Crippen LogP contribution < -0.4 is 16.2 Å². The van der Waals surface area contributed by atoms with Crippen molar-refractivity contribution in [1.82, 2.24) is 24.8 Å². The van der Waals surface area contributed by atoms with Crippen molar-refractivity contribution >= 4 is 28.7 Å². The van der Waals surface area contributed by atoms with Gasteiger partial charge in [0.1, 0.15) is 12.1 Å². The summed E-state index contributed by atoms with van der Waals surface area (Å²) < 4.78 is 6.92. The first-order chi connectivity index (χ1) is 17.5. The summed E-state index contributed by atoms with van der Waals surface area (Å²) in [7, 11) is 0. The molecule has 10 heteroatoms. The summed E-state index contributed by atoms with van der Waals surface area (Å²) in [5.74, 6) is -0.108. The van der Waals surface area contributed by atoms with E-state index < -0.39 is 5.60 Å². The molecule has 2 amide bonds. The standard InChI is InChI=1S/C27H36N6O4/c1-17-12-28-22-9-8-19(11-21(17)22)14-29-23(34)16-33-18(2)13-30-24(25(33)35)31-15-20-7-6-10-32(20)26(36)37-27(3,4)5/h8-9,11-13,20,28H,6-7,10,14-16H2,1-5H3,(H,29,34)(H,30,31)/t20-/m0/s1. The van der Waals surface area contributed by atoms with Crippen LogP contribution in [0.25, 0.3) is 10.9 Å². The summed E-state index contributed by atoms with van der Waals surface area (Å²) in [5, 5.41) is 7.12. The number of fused-ring (bicyclic) bond motifs is 1. The number of ether oxygens (including phenoxy) is 1. The second kappa shape index (κ2) is 10.7. The molecule has 1 aliphatic rings. The van der Waals surface area contributed by atoms with Crippen molar-refractivity contribution in [1.29, 1.82) is 0 Å². The Morgan fingerprint density at radius 1 is 1.24 bits per heavy atom. The fourth-order valence-electron chi connectivity index (χ4n) is 4.53. The number of carbonyl (C=O) groups is 2. The van der Waals surface area contributed by atoms with E-state index in [1.807, 2.05) is 46.0 Å². The van der Waals surface area contributed by atoms with Gasteiger partial charge < -0.3 is 25.3 Å². The van der Waals surface area contributed by atoms with Crippen LogP contribution in [0, 0.1) is 13.8 Å². The van der Waals surface area contributed by atoms with Crippen LogP contribution in [0.3, 0.4) is 0 Å². The molecule has 1 aliphatic heterocycles. The van der Waals surface area contributed by atoms with E-state index in [9.17, 15) is 14.4 Å². The van der Waals surface area contributed by atoms with Crippen LogP contribution in [-0.2, 0) is 22.6 Å². The molecule has 37 heavy (non-hydrogen) atoms. The zero-order valence-corrected chi connectivity index (χ0v) is 22.2. The van der Waals surface area contributed by atoms with Crippen LogP contribution in [0.15, 0.2) is 35.4 Å². The number of hydrogen-bond acceptors (Lipinski definition) is 6. The van der Waals surface area contributed by atoms with Crippen molar-refractivity contribution in [2.45, 2.75) is 72.2 Å². The molecule has 0 spiro atoms. The molecule has 0 unspecified atom stereocenters. The van der Waals surface area contributed by atoms with Gasteiger partial charge in [-0.05, 0) is 70.7 Å². The van der Waals surface area contributed by atoms with Gasteiger partial charge in [0.2, 0.25) is 5.91 Å². The van der Waals surface area contributed by atoms with Gasteiger partial charge in [-0.25, -0.2) is 9.78 Å². The number of H-pyrrole nitrogens is 1. The Morgan fingerprint density at radius 2 is 2.03 bits per heavy atom. The van der Waals surface area contributed by atoms with Gasteiger partial charge in [-0.1, -0.05) is 6.07 Å². The molecular weight excluding hydrogens is 472 g/mol. The van der Waals surface area contributed by atoms with Crippen LogP contribution in [0.2, 0.25) is 0 Å². The van der Waals surface area contributed by atoms with Crippen LogP contribution in [0.5, 0.6) is 0 Å². The summed E-state index contributed by atoms with van der Waals surface area (Å²) in [6.07, 6.45) is 4.85. The molecule has 4 rings (SSSR count). The Morgan fingerprint density at radius 3 is 2.78 bits per heavy atom. The number of nitrogens with zero attached hydrogens (tertiary/aromatic N) is 3. The fraction of sp³-hybridized carbons (Fsp3) is 0.481. The third-order valence-electron chi connectivity index (χ3n) is 6.51. The Hall–Kier alpha value is -3.82. The lowest BCUT2D eigenvalue weighted by molar-refractivity contribution is -0.121. The van der Waals surface area contributed by atoms with E-state index in [0.717, 1.165) is 34.9 Å². The van der Waals surface area contributed by atoms with Gasteiger partial charge in [-0.2, -0.15) is 0 Å². The first kappa shape index (κ1) is 26.2. The van der Waals surface area contributed by atoms with Gasteiger partial charge in [-0.3, -0.25) is 14.2 Å². The molecule has 1 saturated heterocycles. The minimum atomic E-state index is -0.571. The molecule has 0 bridgehead atoms. The lowest BCUT2D eigenvalue weighted by Crippen LogP contribution is -2.43. The van der Waals surface area contributed by atoms with Gasteiger partial charge in [0.15, 0.2) is 5.82 Å². The minimum absolute atomic E-state index is 0.102. The molecule has 0 saturated carbocycles. The van der Waals surface area contributed by atoms with Crippen LogP contribution in [0.4, 0.5) is 10.6 Å². The van der Waals surface area contributed by atoms with Gasteiger partial charge in [0, 0.05) is 48.6 Å². The molecular formula is C27H36N6O4. The van der Waals surface area contributed by atoms with E-state index in [4.69, 9.17) is 4.74 Å². The van der Waals surface area contributed by atoms with Crippen molar-refractivity contribution in [3.63, 3.8) is 0 Å². The number of anilines is 1. The molecule has 1 fully saturated rings. The Balaban J connectivity index is 1.37. The number of nitrogens with one attached hydrogen (secondary N) is 3. The second-order valence-corrected chi connectivity index (χ2v) is 10.6. The third-order valence-corrected chi connectivity index (χ3v) is 6.51. The van der Waals surface area contributed by atoms with Gasteiger partial charge in [0.05, 0.1) is 6.04 Å². The maximum absolute atomic E-state index is 13.1. The minimum Gasteiger partial charge on any atom is -0.444 e. The number of aromatic amines is 1. The summed E-state index contributed by atoms with van der Waals surface area (Å²) in [5.41, 5.74) is 2.83. The molecule has 198 valence electrons. The van der Waals surface area contributed by atoms with Gasteiger partial charge in [-0.15, -0.1) is 0 Å². The summed E-state index contributed by atoms with van der Waals surface area (Å²) in [4.78, 5) is 47.5. The second-order valence-electron chi connectivity index (χ2n) is 10.6. The number of hydrogen-bond donors (Lipinski definition) is 3. The molecule has 3 N–H and O–H groups in total. The number of carbonyl (C=O) groups excluding carboxylic acids is 2. The number of likely N-dealkylation sites (tertiary alicyclic amines) is 1. The number of aryl methyl sites for hydroxylation is 2. The Labute approximate surface area is 216 Å². The highest BCUT2D eigenvalue weighted by Crippen LogP contribution is 2.21. The van der Waals surface area contributed by atoms with Crippen LogP contribution in [0.1, 0.15) is 50.4 Å². The predicted octanol–water partition coefficient (Wildman–Crippen LogP) is 3.47. The summed E-state index contributed by atoms with van der Waals surface area (Å²) >= 11 is 0. The maximum atomic E-state index is 13.1. The smallest absolute Gasteiger partial charge is 0.410 e. The van der Waals surface area contributed by atoms with Crippen molar-refractivity contribution in [2.24, 2.45) is 0 Å². The number of aromatic nitrogens is 3. The van der Waals surface area contributed by atoms with E-state index >= 15 is 0 Å². The quantitative estimate of drug-likeness (QED) is 0.449. The zero-order chi connectivity index (χ0) is 26.7. The molecule has 3 aromatic rings. The summed E-state index contributed by atoms with van der Waals surface area (Å²) in [6, 6.07) is 5.91. The predicted molar refractivity (Wildman–Crippen MR) is 143 cm³/mol. The molecule has 1 aromatic carbocycles. The van der Waals surface area contributed by atoms with E-state index in [2.05, 4.69) is 26.7 Å². The van der Waals surface area contributed by atoms with E-state index in [1.165, 1.54) is 4.57 Å². The molecule has 3 heterocycles. The Kier molecular flexibility index (Phi) is 7.56. The average Bonchev–Trinajstić information content (AvgIpc) is 3.45. The molecule has 10 nitrogen and oxygen atoms in total. The Bertz CT molecular complexity index is 1350. The van der Waals surface area contributed by atoms with Crippen molar-refractivity contribution in [2.75, 3.05) is 18.4 Å². The van der Waals surface area contributed by atoms with E-state index in [0.29, 0.717) is 25.3 Å². The fourth-order valence-corrected chi connectivity index (χ4v) is 4.53. The normalized spacial score (nSPS) is 15.7. The largest absolute Gasteiger partial charge is 0.444 e.